The second-order valence-electron chi connectivity index (χ2n) is 5.45. The first-order chi connectivity index (χ1) is 11.3. The zero-order chi connectivity index (χ0) is 16.1. The van der Waals surface area contributed by atoms with Gasteiger partial charge in [0.1, 0.15) is 0 Å². The van der Waals surface area contributed by atoms with E-state index in [2.05, 4.69) is 23.5 Å². The van der Waals surface area contributed by atoms with Gasteiger partial charge in [0.2, 0.25) is 0 Å². The summed E-state index contributed by atoms with van der Waals surface area (Å²) in [5, 5.41) is 3.43. The van der Waals surface area contributed by atoms with Gasteiger partial charge in [-0.25, -0.2) is 0 Å². The topological polar surface area (TPSA) is 50.7 Å². The van der Waals surface area contributed by atoms with Crippen molar-refractivity contribution in [2.24, 2.45) is 4.99 Å². The average molecular weight is 308 g/mol. The Balaban J connectivity index is 1.92. The van der Waals surface area contributed by atoms with Gasteiger partial charge in [0.05, 0.1) is 31.3 Å². The first kappa shape index (κ1) is 15.3. The molecule has 3 rings (SSSR count). The van der Waals surface area contributed by atoms with Gasteiger partial charge in [0, 0.05) is 16.8 Å². The van der Waals surface area contributed by atoms with Crippen molar-refractivity contribution in [3.05, 3.63) is 65.7 Å². The third-order valence-electron chi connectivity index (χ3n) is 3.78. The predicted octanol–water partition coefficient (Wildman–Crippen LogP) is 3.27. The SMILES string of the molecule is CCOC(=O)CC1CN=C(c2ccccc2)c2ccccc2N1. The fourth-order valence-electron chi connectivity index (χ4n) is 2.75. The number of nitrogens with one attached hydrogen (secondary N) is 1. The number of hydrogen-bond acceptors (Lipinski definition) is 4. The van der Waals surface area contributed by atoms with Crippen LogP contribution in [0, 0.1) is 0 Å². The number of ether oxygens (including phenoxy) is 1. The second kappa shape index (κ2) is 7.09. The summed E-state index contributed by atoms with van der Waals surface area (Å²) in [6, 6.07) is 18.1. The lowest BCUT2D eigenvalue weighted by Crippen LogP contribution is -2.26. The summed E-state index contributed by atoms with van der Waals surface area (Å²) in [5.41, 5.74) is 4.10. The van der Waals surface area contributed by atoms with Gasteiger partial charge in [-0.15, -0.1) is 0 Å². The highest BCUT2D eigenvalue weighted by Crippen LogP contribution is 2.24. The van der Waals surface area contributed by atoms with Crippen molar-refractivity contribution in [2.75, 3.05) is 18.5 Å². The molecule has 0 aromatic heterocycles. The molecule has 0 spiro atoms. The summed E-state index contributed by atoms with van der Waals surface area (Å²) in [6.45, 7) is 2.76. The number of para-hydroxylation sites is 1. The number of nitrogens with zero attached hydrogens (tertiary/aromatic N) is 1. The standard InChI is InChI=1S/C19H20N2O2/c1-2-23-18(22)12-15-13-20-19(14-8-4-3-5-9-14)16-10-6-7-11-17(16)21-15/h3-11,15,21H,2,12-13H2,1H3. The van der Waals surface area contributed by atoms with E-state index in [1.54, 1.807) is 0 Å². The minimum Gasteiger partial charge on any atom is -0.466 e. The summed E-state index contributed by atoms with van der Waals surface area (Å²) in [4.78, 5) is 16.6. The number of anilines is 1. The lowest BCUT2D eigenvalue weighted by Gasteiger charge is -2.16. The van der Waals surface area contributed by atoms with E-state index in [1.165, 1.54) is 0 Å². The number of carbonyl (C=O) groups excluding carboxylic acids is 1. The molecule has 2 aromatic carbocycles. The van der Waals surface area contributed by atoms with E-state index in [-0.39, 0.29) is 12.0 Å². The van der Waals surface area contributed by atoms with Gasteiger partial charge in [0.25, 0.3) is 0 Å². The van der Waals surface area contributed by atoms with Crippen LogP contribution in [0.1, 0.15) is 24.5 Å². The van der Waals surface area contributed by atoms with Crippen LogP contribution >= 0.6 is 0 Å². The Kier molecular flexibility index (Phi) is 4.71. The first-order valence-corrected chi connectivity index (χ1v) is 7.89. The van der Waals surface area contributed by atoms with Gasteiger partial charge in [-0.05, 0) is 13.0 Å². The molecule has 118 valence electrons. The summed E-state index contributed by atoms with van der Waals surface area (Å²) in [5.74, 6) is -0.194. The molecule has 0 bridgehead atoms. The lowest BCUT2D eigenvalue weighted by molar-refractivity contribution is -0.143. The predicted molar refractivity (Wildman–Crippen MR) is 92.1 cm³/mol. The van der Waals surface area contributed by atoms with E-state index in [4.69, 9.17) is 9.73 Å². The Morgan fingerprint density at radius 3 is 2.70 bits per heavy atom. The summed E-state index contributed by atoms with van der Waals surface area (Å²) in [7, 11) is 0. The number of aliphatic imine (C=N–C) groups is 1. The molecule has 4 heteroatoms. The number of benzene rings is 2. The zero-order valence-electron chi connectivity index (χ0n) is 13.2. The molecule has 0 radical (unpaired) electrons. The summed E-state index contributed by atoms with van der Waals surface area (Å²) >= 11 is 0. The molecule has 1 heterocycles. The second-order valence-corrected chi connectivity index (χ2v) is 5.45. The molecule has 1 N–H and O–H groups in total. The van der Waals surface area contributed by atoms with Crippen LogP contribution in [0.2, 0.25) is 0 Å². The molecule has 1 atom stereocenters. The lowest BCUT2D eigenvalue weighted by atomic mass is 10.0. The fraction of sp³-hybridized carbons (Fsp3) is 0.263. The van der Waals surface area contributed by atoms with Crippen molar-refractivity contribution in [3.8, 4) is 0 Å². The molecule has 0 aliphatic carbocycles. The van der Waals surface area contributed by atoms with E-state index in [0.29, 0.717) is 19.6 Å². The normalized spacial score (nSPS) is 16.6. The number of esters is 1. The molecular formula is C19H20N2O2. The molecule has 0 saturated heterocycles. The Hall–Kier alpha value is -2.62. The number of hydrogen-bond donors (Lipinski definition) is 1. The third kappa shape index (κ3) is 3.59. The van der Waals surface area contributed by atoms with Crippen LogP contribution in [0.25, 0.3) is 0 Å². The van der Waals surface area contributed by atoms with Crippen LogP contribution in [0.15, 0.2) is 59.6 Å². The zero-order valence-corrected chi connectivity index (χ0v) is 13.2. The largest absolute Gasteiger partial charge is 0.466 e. The van der Waals surface area contributed by atoms with Crippen LogP contribution in [0.4, 0.5) is 5.69 Å². The quantitative estimate of drug-likeness (QED) is 0.882. The minimum atomic E-state index is -0.194. The highest BCUT2D eigenvalue weighted by atomic mass is 16.5. The highest BCUT2D eigenvalue weighted by molar-refractivity contribution is 6.16. The van der Waals surface area contributed by atoms with E-state index in [1.807, 2.05) is 43.3 Å². The van der Waals surface area contributed by atoms with Gasteiger partial charge in [0.15, 0.2) is 0 Å². The maximum atomic E-state index is 11.8. The van der Waals surface area contributed by atoms with Crippen molar-refractivity contribution in [2.45, 2.75) is 19.4 Å². The van der Waals surface area contributed by atoms with Crippen molar-refractivity contribution in [1.29, 1.82) is 0 Å². The van der Waals surface area contributed by atoms with Gasteiger partial charge in [-0.1, -0.05) is 48.5 Å². The molecule has 1 aliphatic rings. The maximum Gasteiger partial charge on any atom is 0.307 e. The van der Waals surface area contributed by atoms with Gasteiger partial charge in [-0.2, -0.15) is 0 Å². The monoisotopic (exact) mass is 308 g/mol. The summed E-state index contributed by atoms with van der Waals surface area (Å²) < 4.78 is 5.06. The van der Waals surface area contributed by atoms with Gasteiger partial charge in [-0.3, -0.25) is 9.79 Å². The summed E-state index contributed by atoms with van der Waals surface area (Å²) in [6.07, 6.45) is 0.313. The van der Waals surface area contributed by atoms with E-state index < -0.39 is 0 Å². The molecule has 0 amide bonds. The fourth-order valence-corrected chi connectivity index (χ4v) is 2.75. The van der Waals surface area contributed by atoms with Crippen molar-refractivity contribution in [3.63, 3.8) is 0 Å². The molecule has 0 fully saturated rings. The van der Waals surface area contributed by atoms with Gasteiger partial charge >= 0.3 is 5.97 Å². The number of rotatable bonds is 4. The Morgan fingerprint density at radius 1 is 1.17 bits per heavy atom. The number of carbonyl (C=O) groups is 1. The molecular weight excluding hydrogens is 288 g/mol. The molecule has 2 aromatic rings. The van der Waals surface area contributed by atoms with E-state index >= 15 is 0 Å². The Bertz CT molecular complexity index is 710. The third-order valence-corrected chi connectivity index (χ3v) is 3.78. The molecule has 0 saturated carbocycles. The van der Waals surface area contributed by atoms with E-state index in [0.717, 1.165) is 22.5 Å². The number of benzodiazepines with no additional fused rings is 1. The molecule has 4 nitrogen and oxygen atoms in total. The van der Waals surface area contributed by atoms with Crippen LogP contribution in [0.5, 0.6) is 0 Å². The highest BCUT2D eigenvalue weighted by Gasteiger charge is 2.21. The molecule has 1 aliphatic heterocycles. The maximum absolute atomic E-state index is 11.8. The van der Waals surface area contributed by atoms with E-state index in [9.17, 15) is 4.79 Å². The van der Waals surface area contributed by atoms with Crippen molar-refractivity contribution in [1.82, 2.24) is 0 Å². The Labute approximate surface area is 136 Å². The Morgan fingerprint density at radius 2 is 1.91 bits per heavy atom. The van der Waals surface area contributed by atoms with Crippen LogP contribution in [-0.2, 0) is 9.53 Å². The average Bonchev–Trinajstić information content (AvgIpc) is 2.75. The molecule has 1 unspecified atom stereocenters. The van der Waals surface area contributed by atoms with Crippen molar-refractivity contribution >= 4 is 17.4 Å². The van der Waals surface area contributed by atoms with Gasteiger partial charge < -0.3 is 10.1 Å². The van der Waals surface area contributed by atoms with Crippen LogP contribution < -0.4 is 5.32 Å². The first-order valence-electron chi connectivity index (χ1n) is 7.89. The number of fused-ring (bicyclic) bond motifs is 1. The smallest absolute Gasteiger partial charge is 0.307 e. The van der Waals surface area contributed by atoms with Crippen molar-refractivity contribution < 1.29 is 9.53 Å². The van der Waals surface area contributed by atoms with Crippen LogP contribution in [-0.4, -0.2) is 30.9 Å². The molecule has 23 heavy (non-hydrogen) atoms. The minimum absolute atomic E-state index is 0.0589. The van der Waals surface area contributed by atoms with Crippen LogP contribution in [0.3, 0.4) is 0 Å².